The summed E-state index contributed by atoms with van der Waals surface area (Å²) >= 11 is 0. The summed E-state index contributed by atoms with van der Waals surface area (Å²) in [4.78, 5) is 15.1. The van der Waals surface area contributed by atoms with E-state index in [1.165, 1.54) is 69.2 Å². The van der Waals surface area contributed by atoms with E-state index in [4.69, 9.17) is 14.4 Å². The van der Waals surface area contributed by atoms with E-state index < -0.39 is 8.07 Å². The van der Waals surface area contributed by atoms with Gasteiger partial charge in [0.2, 0.25) is 5.71 Å². The molecule has 0 saturated heterocycles. The first kappa shape index (κ1) is 45.4. The van der Waals surface area contributed by atoms with Gasteiger partial charge in [0.25, 0.3) is 0 Å². The molecule has 5 nitrogen and oxygen atoms in total. The fourth-order valence-corrected chi connectivity index (χ4v) is 12.1. The zero-order valence-corrected chi connectivity index (χ0v) is 42.8. The van der Waals surface area contributed by atoms with Crippen molar-refractivity contribution < 1.29 is 24.5 Å². The van der Waals surface area contributed by atoms with Crippen molar-refractivity contribution in [1.29, 1.82) is 0 Å². The summed E-state index contributed by atoms with van der Waals surface area (Å²) in [6.07, 6.45) is 7.33. The molecule has 335 valence electrons. The standard InChI is InChI=1S/C42H36N3O.C17H22NSi.Ir/c1-25(2)38-30-17-8-6-15-28(30)29-16-7-9-18-31(29)39(38)45-37-22-11-10-21-36(37)43-41(45)34-20-12-19-32-33-23-24-35(44-42(33)46-40(32)34)26(3)27-13-4-5-14-27;1-13(2)15-11-16(14-9-7-6-8-10-14)18-12-17(15)19(3,4)5;/h6-12,15-19,21-27H,4-5,13-14H2,1-3H3;6-9,11-13H,1-5H3;/q2*-1;. The molecule has 1 saturated carbocycles. The minimum atomic E-state index is -1.34. The molecule has 1 radical (unpaired) electrons. The Morgan fingerprint density at radius 3 is 2.05 bits per heavy atom. The first-order valence-electron chi connectivity index (χ1n) is 23.6. The van der Waals surface area contributed by atoms with Crippen molar-refractivity contribution in [3.8, 4) is 28.3 Å². The van der Waals surface area contributed by atoms with Gasteiger partial charge in [-0.15, -0.1) is 54.1 Å². The maximum absolute atomic E-state index is 6.72. The SMILES string of the molecule is CC(C)c1c(-n2c(-c3[c-]ccc4c3oc3nc(C(C)C5CCCC5)ccc34)nc3ccccc32)c2ccccc2c2ccccc12.CC(C)c1cc(-c2[c-]cccc2)ncc1[Si](C)(C)C.[Ir]. The number of hydrogen-bond donors (Lipinski definition) is 0. The Balaban J connectivity index is 0.000000231. The van der Waals surface area contributed by atoms with E-state index in [-0.39, 0.29) is 26.0 Å². The van der Waals surface area contributed by atoms with Gasteiger partial charge in [-0.25, -0.2) is 4.98 Å². The number of hydrogen-bond acceptors (Lipinski definition) is 4. The molecule has 4 heterocycles. The van der Waals surface area contributed by atoms with Gasteiger partial charge in [-0.2, -0.15) is 0 Å². The van der Waals surface area contributed by atoms with Gasteiger partial charge >= 0.3 is 0 Å². The van der Waals surface area contributed by atoms with Gasteiger partial charge in [0, 0.05) is 48.7 Å². The van der Waals surface area contributed by atoms with Crippen LogP contribution in [0, 0.1) is 18.1 Å². The van der Waals surface area contributed by atoms with Crippen molar-refractivity contribution >= 4 is 67.9 Å². The van der Waals surface area contributed by atoms with Crippen LogP contribution in [-0.4, -0.2) is 27.6 Å². The van der Waals surface area contributed by atoms with Crippen LogP contribution in [0.5, 0.6) is 0 Å². The average Bonchev–Trinajstić information content (AvgIpc) is 4.09. The van der Waals surface area contributed by atoms with Gasteiger partial charge in [-0.3, -0.25) is 4.98 Å². The van der Waals surface area contributed by atoms with Gasteiger partial charge in [0.05, 0.1) is 36.2 Å². The number of aromatic nitrogens is 4. The number of imidazole rings is 1. The Bertz CT molecular complexity index is 3360. The Labute approximate surface area is 404 Å². The van der Waals surface area contributed by atoms with Crippen molar-refractivity contribution in [2.75, 3.05) is 0 Å². The van der Waals surface area contributed by atoms with Gasteiger partial charge in [-0.05, 0) is 87.5 Å². The molecule has 0 amide bonds. The van der Waals surface area contributed by atoms with Crippen LogP contribution in [0.3, 0.4) is 0 Å². The molecule has 1 aliphatic carbocycles. The van der Waals surface area contributed by atoms with E-state index in [1.54, 1.807) is 0 Å². The predicted molar refractivity (Wildman–Crippen MR) is 275 cm³/mol. The minimum absolute atomic E-state index is 0. The normalized spacial score (nSPS) is 13.8. The molecule has 6 aromatic carbocycles. The molecule has 1 atom stereocenters. The summed E-state index contributed by atoms with van der Waals surface area (Å²) in [5.74, 6) is 2.75. The second-order valence-electron chi connectivity index (χ2n) is 19.7. The summed E-state index contributed by atoms with van der Waals surface area (Å²) in [7, 11) is -1.34. The van der Waals surface area contributed by atoms with Crippen molar-refractivity contribution in [2.45, 2.75) is 97.7 Å². The van der Waals surface area contributed by atoms with Crippen molar-refractivity contribution in [3.63, 3.8) is 0 Å². The van der Waals surface area contributed by atoms with E-state index in [2.05, 4.69) is 185 Å². The fraction of sp³-hybridized carbons (Fsp3) is 0.271. The number of para-hydroxylation sites is 2. The maximum atomic E-state index is 6.72. The molecule has 1 fully saturated rings. The predicted octanol–water partition coefficient (Wildman–Crippen LogP) is 15.7. The molecule has 11 rings (SSSR count). The van der Waals surface area contributed by atoms with Crippen LogP contribution < -0.4 is 5.19 Å². The monoisotopic (exact) mass is 1060 g/mol. The van der Waals surface area contributed by atoms with E-state index in [9.17, 15) is 0 Å². The number of benzene rings is 6. The largest absolute Gasteiger partial charge is 0.486 e. The molecule has 10 aromatic rings. The second kappa shape index (κ2) is 18.5. The van der Waals surface area contributed by atoms with E-state index in [0.717, 1.165) is 55.7 Å². The summed E-state index contributed by atoms with van der Waals surface area (Å²) in [5.41, 5.74) is 11.5. The van der Waals surface area contributed by atoms with Crippen LogP contribution in [0.4, 0.5) is 0 Å². The maximum Gasteiger partial charge on any atom is 0.216 e. The molecular weight excluding hydrogens is 1000 g/mol. The molecule has 66 heavy (non-hydrogen) atoms. The molecule has 7 heteroatoms. The van der Waals surface area contributed by atoms with Crippen LogP contribution in [-0.2, 0) is 20.1 Å². The van der Waals surface area contributed by atoms with Crippen LogP contribution in [0.15, 0.2) is 138 Å². The van der Waals surface area contributed by atoms with E-state index in [0.29, 0.717) is 23.5 Å². The van der Waals surface area contributed by atoms with Crippen LogP contribution in [0.25, 0.3) is 83.0 Å². The Hall–Kier alpha value is -5.72. The summed E-state index contributed by atoms with van der Waals surface area (Å²) in [5, 5.41) is 8.54. The van der Waals surface area contributed by atoms with Gasteiger partial charge in [-0.1, -0.05) is 150 Å². The molecule has 0 spiro atoms. The van der Waals surface area contributed by atoms with Crippen LogP contribution >= 0.6 is 0 Å². The topological polar surface area (TPSA) is 56.7 Å². The summed E-state index contributed by atoms with van der Waals surface area (Å²) in [6, 6.07) is 51.7. The van der Waals surface area contributed by atoms with Gasteiger partial charge in [0.15, 0.2) is 0 Å². The third-order valence-corrected chi connectivity index (χ3v) is 15.8. The number of fused-ring (bicyclic) bond motifs is 7. The first-order valence-corrected chi connectivity index (χ1v) is 27.1. The van der Waals surface area contributed by atoms with Crippen LogP contribution in [0.1, 0.15) is 94.9 Å². The third kappa shape index (κ3) is 8.24. The first-order chi connectivity index (χ1) is 31.5. The molecule has 0 bridgehead atoms. The molecule has 1 aliphatic rings. The third-order valence-electron chi connectivity index (χ3n) is 13.8. The number of pyridine rings is 2. The minimum Gasteiger partial charge on any atom is -0.486 e. The Morgan fingerprint density at radius 1 is 0.667 bits per heavy atom. The fourth-order valence-electron chi connectivity index (χ4n) is 10.4. The molecule has 1 unspecified atom stereocenters. The van der Waals surface area contributed by atoms with Crippen molar-refractivity contribution in [2.24, 2.45) is 5.92 Å². The summed E-state index contributed by atoms with van der Waals surface area (Å²) in [6.45, 7) is 18.6. The number of nitrogens with zero attached hydrogens (tertiary/aromatic N) is 4. The molecule has 4 aromatic heterocycles. The van der Waals surface area contributed by atoms with Crippen molar-refractivity contribution in [1.82, 2.24) is 19.5 Å². The molecular formula is C59H58IrN4OSi-2. The van der Waals surface area contributed by atoms with Gasteiger partial charge < -0.3 is 14.0 Å². The smallest absolute Gasteiger partial charge is 0.216 e. The van der Waals surface area contributed by atoms with E-state index in [1.807, 2.05) is 24.3 Å². The average molecular weight is 1060 g/mol. The zero-order valence-electron chi connectivity index (χ0n) is 39.4. The number of furan rings is 1. The van der Waals surface area contributed by atoms with Crippen molar-refractivity contribution in [3.05, 3.63) is 163 Å². The Kier molecular flexibility index (Phi) is 12.7. The molecule has 0 aliphatic heterocycles. The molecule has 0 N–H and O–H groups in total. The summed E-state index contributed by atoms with van der Waals surface area (Å²) < 4.78 is 9.08. The second-order valence-corrected chi connectivity index (χ2v) is 24.8. The zero-order chi connectivity index (χ0) is 45.0. The number of rotatable bonds is 8. The van der Waals surface area contributed by atoms with E-state index >= 15 is 0 Å². The van der Waals surface area contributed by atoms with Gasteiger partial charge in [0.1, 0.15) is 0 Å². The Morgan fingerprint density at radius 2 is 1.35 bits per heavy atom. The van der Waals surface area contributed by atoms with Crippen LogP contribution in [0.2, 0.25) is 19.6 Å². The quantitative estimate of drug-likeness (QED) is 0.0864.